The van der Waals surface area contributed by atoms with Crippen LogP contribution in [-0.4, -0.2) is 56.0 Å². The quantitative estimate of drug-likeness (QED) is 0.636. The van der Waals surface area contributed by atoms with Gasteiger partial charge in [-0.3, -0.25) is 14.5 Å². The smallest absolute Gasteiger partial charge is 0.328 e. The lowest BCUT2D eigenvalue weighted by atomic mass is 9.99. The molecule has 0 heterocycles. The van der Waals surface area contributed by atoms with Gasteiger partial charge in [-0.05, 0) is 25.1 Å². The van der Waals surface area contributed by atoms with E-state index in [1.54, 1.807) is 36.2 Å². The number of carbonyl (C=O) groups is 3. The molecule has 2 amide bonds. The third-order valence-electron chi connectivity index (χ3n) is 3.96. The minimum absolute atomic E-state index is 0.00483. The van der Waals surface area contributed by atoms with Crippen LogP contribution < -0.4 is 10.6 Å². The molecule has 0 aliphatic carbocycles. The number of anilines is 1. The fraction of sp³-hybridized carbons (Fsp3) is 0.500. The Morgan fingerprint density at radius 2 is 1.81 bits per heavy atom. The van der Waals surface area contributed by atoms with Crippen molar-refractivity contribution in [3.05, 3.63) is 29.3 Å². The minimum Gasteiger partial charge on any atom is -0.467 e. The number of hydrogen-bond acceptors (Lipinski definition) is 5. The van der Waals surface area contributed by atoms with Crippen LogP contribution in [0, 0.1) is 5.92 Å². The third-order valence-corrected chi connectivity index (χ3v) is 4.29. The van der Waals surface area contributed by atoms with Crippen LogP contribution in [0.25, 0.3) is 0 Å². The number of likely N-dealkylation sites (N-methyl/N-ethyl adjacent to an activating group) is 1. The van der Waals surface area contributed by atoms with Crippen molar-refractivity contribution in [3.8, 4) is 0 Å². The maximum atomic E-state index is 12.2. The second kappa shape index (κ2) is 10.8. The van der Waals surface area contributed by atoms with Gasteiger partial charge in [0.2, 0.25) is 11.8 Å². The van der Waals surface area contributed by atoms with Crippen LogP contribution in [-0.2, 0) is 19.1 Å². The van der Waals surface area contributed by atoms with E-state index in [1.165, 1.54) is 7.11 Å². The largest absolute Gasteiger partial charge is 0.467 e. The SMILES string of the molecule is CC[C@@H](C)[C@H](NC(=O)CN(C)CC(=O)Nc1ccccc1Cl)C(=O)OC. The summed E-state index contributed by atoms with van der Waals surface area (Å²) in [4.78, 5) is 37.6. The van der Waals surface area contributed by atoms with Crippen molar-refractivity contribution in [3.63, 3.8) is 0 Å². The monoisotopic (exact) mass is 383 g/mol. The van der Waals surface area contributed by atoms with E-state index in [0.29, 0.717) is 10.7 Å². The first kappa shape index (κ1) is 21.9. The summed E-state index contributed by atoms with van der Waals surface area (Å²) in [7, 11) is 2.93. The van der Waals surface area contributed by atoms with Crippen LogP contribution >= 0.6 is 11.6 Å². The molecule has 1 aromatic carbocycles. The lowest BCUT2D eigenvalue weighted by Gasteiger charge is -2.23. The highest BCUT2D eigenvalue weighted by Crippen LogP contribution is 2.20. The highest BCUT2D eigenvalue weighted by molar-refractivity contribution is 6.33. The number of nitrogens with one attached hydrogen (secondary N) is 2. The molecule has 0 radical (unpaired) electrons. The lowest BCUT2D eigenvalue weighted by molar-refractivity contribution is -0.146. The number of amides is 2. The van der Waals surface area contributed by atoms with E-state index in [1.807, 2.05) is 13.8 Å². The number of methoxy groups -OCH3 is 1. The van der Waals surface area contributed by atoms with Crippen LogP contribution in [0.1, 0.15) is 20.3 Å². The molecule has 1 aromatic rings. The van der Waals surface area contributed by atoms with Gasteiger partial charge in [-0.25, -0.2) is 4.79 Å². The number of rotatable bonds is 9. The van der Waals surface area contributed by atoms with E-state index >= 15 is 0 Å². The standard InChI is InChI=1S/C18H26ClN3O4/c1-5-12(2)17(18(25)26-4)21-16(24)11-22(3)10-15(23)20-14-9-7-6-8-13(14)19/h6-9,12,17H,5,10-11H2,1-4H3,(H,20,23)(H,21,24)/t12-,17+/m1/s1. The number of carbonyl (C=O) groups excluding carboxylic acids is 3. The molecule has 0 unspecified atom stereocenters. The summed E-state index contributed by atoms with van der Waals surface area (Å²) in [6.45, 7) is 3.77. The minimum atomic E-state index is -0.706. The summed E-state index contributed by atoms with van der Waals surface area (Å²) < 4.78 is 4.74. The molecule has 0 aliphatic rings. The van der Waals surface area contributed by atoms with Crippen LogP contribution in [0.2, 0.25) is 5.02 Å². The maximum absolute atomic E-state index is 12.2. The van der Waals surface area contributed by atoms with Crippen molar-refractivity contribution in [2.24, 2.45) is 5.92 Å². The molecule has 1 rings (SSSR count). The van der Waals surface area contributed by atoms with E-state index < -0.39 is 12.0 Å². The van der Waals surface area contributed by atoms with Crippen molar-refractivity contribution in [1.82, 2.24) is 10.2 Å². The zero-order valence-corrected chi connectivity index (χ0v) is 16.3. The van der Waals surface area contributed by atoms with Gasteiger partial charge < -0.3 is 15.4 Å². The Kier molecular flexibility index (Phi) is 9.09. The molecule has 0 saturated heterocycles. The normalized spacial score (nSPS) is 13.0. The Morgan fingerprint density at radius 3 is 2.38 bits per heavy atom. The van der Waals surface area contributed by atoms with Gasteiger partial charge in [0, 0.05) is 0 Å². The second-order valence-corrected chi connectivity index (χ2v) is 6.56. The summed E-state index contributed by atoms with van der Waals surface area (Å²) in [5, 5.41) is 5.81. The van der Waals surface area contributed by atoms with Crippen molar-refractivity contribution in [2.45, 2.75) is 26.3 Å². The van der Waals surface area contributed by atoms with Crippen LogP contribution in [0.3, 0.4) is 0 Å². The van der Waals surface area contributed by atoms with Crippen LogP contribution in [0.5, 0.6) is 0 Å². The van der Waals surface area contributed by atoms with E-state index in [0.717, 1.165) is 6.42 Å². The molecule has 26 heavy (non-hydrogen) atoms. The van der Waals surface area contributed by atoms with Crippen LogP contribution in [0.4, 0.5) is 5.69 Å². The number of hydrogen-bond donors (Lipinski definition) is 2. The summed E-state index contributed by atoms with van der Waals surface area (Å²) >= 11 is 6.00. The van der Waals surface area contributed by atoms with Crippen molar-refractivity contribution >= 4 is 35.1 Å². The predicted molar refractivity (Wildman–Crippen MR) is 101 cm³/mol. The van der Waals surface area contributed by atoms with Crippen molar-refractivity contribution in [2.75, 3.05) is 32.6 Å². The van der Waals surface area contributed by atoms with E-state index in [4.69, 9.17) is 16.3 Å². The molecular formula is C18H26ClN3O4. The number of ether oxygens (including phenoxy) is 1. The van der Waals surface area contributed by atoms with Gasteiger partial charge in [-0.15, -0.1) is 0 Å². The van der Waals surface area contributed by atoms with Gasteiger partial charge in [0.1, 0.15) is 6.04 Å². The zero-order valence-electron chi connectivity index (χ0n) is 15.5. The van der Waals surface area contributed by atoms with E-state index in [-0.39, 0.29) is 30.8 Å². The first-order valence-corrected chi connectivity index (χ1v) is 8.76. The molecule has 0 fully saturated rings. The highest BCUT2D eigenvalue weighted by atomic mass is 35.5. The third kappa shape index (κ3) is 7.01. The summed E-state index contributed by atoms with van der Waals surface area (Å²) in [6, 6.07) is 6.20. The molecule has 144 valence electrons. The Labute approximate surface area is 159 Å². The lowest BCUT2D eigenvalue weighted by Crippen LogP contribution is -2.49. The first-order valence-electron chi connectivity index (χ1n) is 8.38. The number of benzene rings is 1. The second-order valence-electron chi connectivity index (χ2n) is 6.15. The molecule has 0 aromatic heterocycles. The molecule has 0 aliphatic heterocycles. The van der Waals surface area contributed by atoms with Gasteiger partial charge in [0.05, 0.1) is 30.9 Å². The molecule has 0 bridgehead atoms. The van der Waals surface area contributed by atoms with Gasteiger partial charge in [0.25, 0.3) is 0 Å². The maximum Gasteiger partial charge on any atom is 0.328 e. The topological polar surface area (TPSA) is 87.7 Å². The molecule has 2 atom stereocenters. The highest BCUT2D eigenvalue weighted by Gasteiger charge is 2.27. The van der Waals surface area contributed by atoms with E-state index in [9.17, 15) is 14.4 Å². The van der Waals surface area contributed by atoms with E-state index in [2.05, 4.69) is 10.6 Å². The van der Waals surface area contributed by atoms with Gasteiger partial charge in [-0.1, -0.05) is 44.0 Å². The van der Waals surface area contributed by atoms with Gasteiger partial charge in [0.15, 0.2) is 0 Å². The number of para-hydroxylation sites is 1. The number of esters is 1. The van der Waals surface area contributed by atoms with Gasteiger partial charge in [-0.2, -0.15) is 0 Å². The fourth-order valence-corrected chi connectivity index (χ4v) is 2.50. The Balaban J connectivity index is 2.54. The molecule has 0 spiro atoms. The predicted octanol–water partition coefficient (Wildman–Crippen LogP) is 1.91. The molecular weight excluding hydrogens is 358 g/mol. The molecule has 2 N–H and O–H groups in total. The molecule has 0 saturated carbocycles. The summed E-state index contributed by atoms with van der Waals surface area (Å²) in [5.74, 6) is -1.18. The van der Waals surface area contributed by atoms with Crippen LogP contribution in [0.15, 0.2) is 24.3 Å². The van der Waals surface area contributed by atoms with Crippen molar-refractivity contribution in [1.29, 1.82) is 0 Å². The average molecular weight is 384 g/mol. The number of nitrogens with zero attached hydrogens (tertiary/aromatic N) is 1. The zero-order chi connectivity index (χ0) is 19.7. The summed E-state index contributed by atoms with van der Waals surface area (Å²) in [6.07, 6.45) is 0.718. The Bertz CT molecular complexity index is 639. The summed E-state index contributed by atoms with van der Waals surface area (Å²) in [5.41, 5.74) is 0.513. The van der Waals surface area contributed by atoms with Crippen molar-refractivity contribution < 1.29 is 19.1 Å². The van der Waals surface area contributed by atoms with Gasteiger partial charge >= 0.3 is 5.97 Å². The Hall–Kier alpha value is -2.12. The first-order chi connectivity index (χ1) is 12.3. The number of halogens is 1. The Morgan fingerprint density at radius 1 is 1.19 bits per heavy atom. The fourth-order valence-electron chi connectivity index (χ4n) is 2.31. The molecule has 8 heteroatoms. The molecule has 7 nitrogen and oxygen atoms in total. The average Bonchev–Trinajstić information content (AvgIpc) is 2.60.